The zero-order valence-electron chi connectivity index (χ0n) is 13.6. The topological polar surface area (TPSA) is 140 Å². The van der Waals surface area contributed by atoms with Gasteiger partial charge in [0.25, 0.3) is 11.4 Å². The Morgan fingerprint density at radius 1 is 1.15 bits per heavy atom. The number of nitro benzene ring substituents is 2. The maximum atomic E-state index is 10.7. The average Bonchev–Trinajstić information content (AvgIpc) is 2.62. The van der Waals surface area contributed by atoms with Crippen molar-refractivity contribution in [3.63, 3.8) is 0 Å². The van der Waals surface area contributed by atoms with Gasteiger partial charge in [0.2, 0.25) is 0 Å². The molecule has 0 unspecified atom stereocenters. The summed E-state index contributed by atoms with van der Waals surface area (Å²) in [6.45, 7) is 0.0840. The highest BCUT2D eigenvalue weighted by Gasteiger charge is 2.10. The third kappa shape index (κ3) is 4.57. The van der Waals surface area contributed by atoms with Gasteiger partial charge < -0.3 is 16.0 Å². The second-order valence-electron chi connectivity index (χ2n) is 5.10. The van der Waals surface area contributed by atoms with E-state index in [-0.39, 0.29) is 29.0 Å². The Labute approximate surface area is 153 Å². The summed E-state index contributed by atoms with van der Waals surface area (Å²) in [5.74, 6) is 0.171. The van der Waals surface area contributed by atoms with E-state index in [2.05, 4.69) is 10.3 Å². The normalized spacial score (nSPS) is 11.1. The van der Waals surface area contributed by atoms with Gasteiger partial charge in [0.15, 0.2) is 5.96 Å². The molecule has 0 heterocycles. The maximum absolute atomic E-state index is 10.7. The van der Waals surface area contributed by atoms with Gasteiger partial charge in [-0.05, 0) is 18.2 Å². The standard InChI is InChI=1S/C15H15ClN6O4/c1-20(10-2-4-11(5-3-10)21(23)24)15(17)19-9-18-14-7-6-12(22(25)26)8-13(14)16/h2-8,18H,9H2,1H3,(H2,17,19). The zero-order chi connectivity index (χ0) is 19.3. The largest absolute Gasteiger partial charge is 0.369 e. The fourth-order valence-corrected chi connectivity index (χ4v) is 2.24. The van der Waals surface area contributed by atoms with Gasteiger partial charge in [-0.1, -0.05) is 11.6 Å². The van der Waals surface area contributed by atoms with E-state index in [0.717, 1.165) is 0 Å². The summed E-state index contributed by atoms with van der Waals surface area (Å²) in [6.07, 6.45) is 0. The van der Waals surface area contributed by atoms with Crippen molar-refractivity contribution in [2.24, 2.45) is 10.7 Å². The Morgan fingerprint density at radius 3 is 2.27 bits per heavy atom. The number of guanidine groups is 1. The van der Waals surface area contributed by atoms with Crippen LogP contribution in [0, 0.1) is 20.2 Å². The molecule has 2 aromatic carbocycles. The SMILES string of the molecule is CN(C(N)=NCNc1ccc([N+](=O)[O-])cc1Cl)c1ccc([N+](=O)[O-])cc1. The Hall–Kier alpha value is -3.40. The maximum Gasteiger partial charge on any atom is 0.271 e. The lowest BCUT2D eigenvalue weighted by Gasteiger charge is -2.18. The molecule has 11 heteroatoms. The van der Waals surface area contributed by atoms with Crippen LogP contribution >= 0.6 is 11.6 Å². The fourth-order valence-electron chi connectivity index (χ4n) is 2.00. The van der Waals surface area contributed by atoms with Crippen molar-refractivity contribution < 1.29 is 9.85 Å². The van der Waals surface area contributed by atoms with Crippen LogP contribution in [-0.2, 0) is 0 Å². The Bertz CT molecular complexity index is 856. The first kappa shape index (κ1) is 18.9. The van der Waals surface area contributed by atoms with E-state index in [1.165, 1.54) is 30.3 Å². The number of aliphatic imine (C=N–C) groups is 1. The van der Waals surface area contributed by atoms with Crippen LogP contribution in [0.2, 0.25) is 5.02 Å². The molecule has 136 valence electrons. The molecule has 0 atom stereocenters. The van der Waals surface area contributed by atoms with Gasteiger partial charge in [-0.15, -0.1) is 0 Å². The molecule has 26 heavy (non-hydrogen) atoms. The summed E-state index contributed by atoms with van der Waals surface area (Å²) in [5, 5.41) is 24.4. The predicted molar refractivity (Wildman–Crippen MR) is 99.7 cm³/mol. The molecular weight excluding hydrogens is 364 g/mol. The van der Waals surface area contributed by atoms with E-state index < -0.39 is 9.85 Å². The van der Waals surface area contributed by atoms with Gasteiger partial charge in [0.1, 0.15) is 6.67 Å². The number of anilines is 2. The first-order valence-corrected chi connectivity index (χ1v) is 7.63. The summed E-state index contributed by atoms with van der Waals surface area (Å²) in [6, 6.07) is 9.89. The molecule has 0 aliphatic rings. The van der Waals surface area contributed by atoms with Crippen LogP contribution in [0.1, 0.15) is 0 Å². The van der Waals surface area contributed by atoms with Gasteiger partial charge >= 0.3 is 0 Å². The minimum Gasteiger partial charge on any atom is -0.369 e. The lowest BCUT2D eigenvalue weighted by Crippen LogP contribution is -2.34. The first-order chi connectivity index (χ1) is 12.3. The smallest absolute Gasteiger partial charge is 0.271 e. The summed E-state index contributed by atoms with van der Waals surface area (Å²) in [7, 11) is 1.67. The molecule has 0 aromatic heterocycles. The monoisotopic (exact) mass is 378 g/mol. The Morgan fingerprint density at radius 2 is 1.73 bits per heavy atom. The predicted octanol–water partition coefficient (Wildman–Crippen LogP) is 2.98. The number of nitrogens with zero attached hydrogens (tertiary/aromatic N) is 4. The number of hydrogen-bond donors (Lipinski definition) is 2. The lowest BCUT2D eigenvalue weighted by molar-refractivity contribution is -0.385. The number of nitro groups is 2. The van der Waals surface area contributed by atoms with Gasteiger partial charge in [-0.2, -0.15) is 0 Å². The molecule has 0 bridgehead atoms. The van der Waals surface area contributed by atoms with Gasteiger partial charge in [0.05, 0.1) is 20.6 Å². The van der Waals surface area contributed by atoms with Gasteiger partial charge in [0, 0.05) is 37.0 Å². The molecule has 2 aromatic rings. The highest BCUT2D eigenvalue weighted by molar-refractivity contribution is 6.33. The van der Waals surface area contributed by atoms with E-state index in [9.17, 15) is 20.2 Å². The molecular formula is C15H15ClN6O4. The molecule has 10 nitrogen and oxygen atoms in total. The fraction of sp³-hybridized carbons (Fsp3) is 0.133. The first-order valence-electron chi connectivity index (χ1n) is 7.25. The molecule has 0 aliphatic carbocycles. The highest BCUT2D eigenvalue weighted by atomic mass is 35.5. The summed E-state index contributed by atoms with van der Waals surface area (Å²) in [5.41, 5.74) is 6.87. The molecule has 0 fully saturated rings. The van der Waals surface area contributed by atoms with E-state index >= 15 is 0 Å². The van der Waals surface area contributed by atoms with Crippen LogP contribution in [0.4, 0.5) is 22.7 Å². The highest BCUT2D eigenvalue weighted by Crippen LogP contribution is 2.26. The molecule has 0 spiro atoms. The van der Waals surface area contributed by atoms with Gasteiger partial charge in [-0.3, -0.25) is 20.2 Å². The van der Waals surface area contributed by atoms with Crippen LogP contribution in [0.25, 0.3) is 0 Å². The van der Waals surface area contributed by atoms with Gasteiger partial charge in [-0.25, -0.2) is 4.99 Å². The van der Waals surface area contributed by atoms with Crippen molar-refractivity contribution in [3.8, 4) is 0 Å². The van der Waals surface area contributed by atoms with E-state index in [4.69, 9.17) is 17.3 Å². The summed E-state index contributed by atoms with van der Waals surface area (Å²) >= 11 is 5.98. The molecule has 0 saturated heterocycles. The number of rotatable bonds is 6. The van der Waals surface area contributed by atoms with E-state index in [1.54, 1.807) is 24.1 Å². The lowest BCUT2D eigenvalue weighted by atomic mass is 10.2. The average molecular weight is 379 g/mol. The number of non-ortho nitro benzene ring substituents is 2. The number of hydrogen-bond acceptors (Lipinski definition) is 6. The number of halogens is 1. The summed E-state index contributed by atoms with van der Waals surface area (Å²) in [4.78, 5) is 26.0. The molecule has 0 amide bonds. The Kier molecular flexibility index (Phi) is 5.91. The molecule has 0 saturated carbocycles. The van der Waals surface area contributed by atoms with Crippen molar-refractivity contribution in [2.75, 3.05) is 23.9 Å². The van der Waals surface area contributed by atoms with Crippen molar-refractivity contribution in [2.45, 2.75) is 0 Å². The second kappa shape index (κ2) is 8.12. The van der Waals surface area contributed by atoms with Crippen molar-refractivity contribution in [1.29, 1.82) is 0 Å². The van der Waals surface area contributed by atoms with Crippen LogP contribution in [0.3, 0.4) is 0 Å². The van der Waals surface area contributed by atoms with Crippen molar-refractivity contribution in [1.82, 2.24) is 0 Å². The minimum absolute atomic E-state index is 0.0212. The molecule has 2 rings (SSSR count). The van der Waals surface area contributed by atoms with Crippen molar-refractivity contribution >= 4 is 40.3 Å². The second-order valence-corrected chi connectivity index (χ2v) is 5.51. The third-order valence-electron chi connectivity index (χ3n) is 3.47. The molecule has 0 aliphatic heterocycles. The number of nitrogens with two attached hydrogens (primary N) is 1. The van der Waals surface area contributed by atoms with Crippen LogP contribution < -0.4 is 16.0 Å². The van der Waals surface area contributed by atoms with Crippen LogP contribution in [-0.4, -0.2) is 29.5 Å². The summed E-state index contributed by atoms with van der Waals surface area (Å²) < 4.78 is 0. The van der Waals surface area contributed by atoms with E-state index in [1.807, 2.05) is 0 Å². The molecule has 0 radical (unpaired) electrons. The quantitative estimate of drug-likeness (QED) is 0.340. The number of benzene rings is 2. The van der Waals surface area contributed by atoms with E-state index in [0.29, 0.717) is 11.4 Å². The molecule has 3 N–H and O–H groups in total. The Balaban J connectivity index is 2.01. The van der Waals surface area contributed by atoms with Crippen LogP contribution in [0.15, 0.2) is 47.5 Å². The van der Waals surface area contributed by atoms with Crippen LogP contribution in [0.5, 0.6) is 0 Å². The third-order valence-corrected chi connectivity index (χ3v) is 3.78. The van der Waals surface area contributed by atoms with Crippen molar-refractivity contribution in [3.05, 3.63) is 67.7 Å². The number of nitrogens with one attached hydrogen (secondary N) is 1. The minimum atomic E-state index is -0.537. The zero-order valence-corrected chi connectivity index (χ0v) is 14.4.